The van der Waals surface area contributed by atoms with E-state index >= 15 is 0 Å². The van der Waals surface area contributed by atoms with E-state index in [1.165, 1.54) is 7.11 Å². The van der Waals surface area contributed by atoms with Gasteiger partial charge >= 0.3 is 5.97 Å². The number of amides is 1. The van der Waals surface area contributed by atoms with E-state index in [2.05, 4.69) is 5.32 Å². The molecule has 1 saturated carbocycles. The molecule has 1 N–H and O–H groups in total. The molecule has 1 fully saturated rings. The number of esters is 1. The summed E-state index contributed by atoms with van der Waals surface area (Å²) < 4.78 is 10.2. The van der Waals surface area contributed by atoms with Gasteiger partial charge in [0.1, 0.15) is 6.54 Å². The fourth-order valence-corrected chi connectivity index (χ4v) is 1.51. The highest BCUT2D eigenvalue weighted by Gasteiger charge is 2.29. The van der Waals surface area contributed by atoms with Crippen LogP contribution in [0.5, 0.6) is 11.5 Å². The summed E-state index contributed by atoms with van der Waals surface area (Å²) in [5.74, 6) is 0.342. The summed E-state index contributed by atoms with van der Waals surface area (Å²) in [7, 11) is 1.50. The highest BCUT2D eigenvalue weighted by atomic mass is 16.6. The topological polar surface area (TPSA) is 64.6 Å². The first-order chi connectivity index (χ1) is 8.70. The number of carbonyl (C=O) groups excluding carboxylic acids is 2. The molecule has 0 heterocycles. The second-order valence-corrected chi connectivity index (χ2v) is 4.12. The SMILES string of the molecule is COc1ccccc1OC(=O)CNC(=O)C1CC1. The van der Waals surface area contributed by atoms with Crippen molar-refractivity contribution in [1.29, 1.82) is 0 Å². The van der Waals surface area contributed by atoms with Crippen molar-refractivity contribution < 1.29 is 19.1 Å². The smallest absolute Gasteiger partial charge is 0.330 e. The van der Waals surface area contributed by atoms with Crippen LogP contribution >= 0.6 is 0 Å². The minimum atomic E-state index is -0.506. The van der Waals surface area contributed by atoms with Gasteiger partial charge in [-0.1, -0.05) is 12.1 Å². The molecule has 18 heavy (non-hydrogen) atoms. The van der Waals surface area contributed by atoms with Crippen LogP contribution in [0.15, 0.2) is 24.3 Å². The number of hydrogen-bond acceptors (Lipinski definition) is 4. The lowest BCUT2D eigenvalue weighted by atomic mass is 10.3. The van der Waals surface area contributed by atoms with E-state index < -0.39 is 5.97 Å². The van der Waals surface area contributed by atoms with E-state index in [1.807, 2.05) is 0 Å². The number of rotatable bonds is 5. The maximum absolute atomic E-state index is 11.5. The lowest BCUT2D eigenvalue weighted by molar-refractivity contribution is -0.135. The van der Waals surface area contributed by atoms with E-state index in [-0.39, 0.29) is 18.4 Å². The lowest BCUT2D eigenvalue weighted by Crippen LogP contribution is -2.32. The van der Waals surface area contributed by atoms with Crippen LogP contribution in [0.3, 0.4) is 0 Å². The van der Waals surface area contributed by atoms with Crippen molar-refractivity contribution in [3.05, 3.63) is 24.3 Å². The van der Waals surface area contributed by atoms with Crippen molar-refractivity contribution >= 4 is 11.9 Å². The third-order valence-corrected chi connectivity index (χ3v) is 2.65. The monoisotopic (exact) mass is 249 g/mol. The number of carbonyl (C=O) groups is 2. The summed E-state index contributed by atoms with van der Waals surface area (Å²) in [4.78, 5) is 22.9. The zero-order valence-corrected chi connectivity index (χ0v) is 10.1. The first-order valence-electron chi connectivity index (χ1n) is 5.82. The Kier molecular flexibility index (Phi) is 3.82. The van der Waals surface area contributed by atoms with E-state index in [4.69, 9.17) is 9.47 Å². The summed E-state index contributed by atoms with van der Waals surface area (Å²) in [6.07, 6.45) is 1.82. The van der Waals surface area contributed by atoms with Crippen LogP contribution in [0.2, 0.25) is 0 Å². The second kappa shape index (κ2) is 5.53. The molecule has 96 valence electrons. The van der Waals surface area contributed by atoms with Gasteiger partial charge in [0.15, 0.2) is 11.5 Å². The summed E-state index contributed by atoms with van der Waals surface area (Å²) in [6, 6.07) is 6.86. The molecule has 1 aromatic rings. The Labute approximate surface area is 105 Å². The summed E-state index contributed by atoms with van der Waals surface area (Å²) >= 11 is 0. The highest BCUT2D eigenvalue weighted by molar-refractivity contribution is 5.85. The van der Waals surface area contributed by atoms with Crippen LogP contribution in [-0.4, -0.2) is 25.5 Å². The molecule has 2 rings (SSSR count). The predicted octanol–water partition coefficient (Wildman–Crippen LogP) is 1.13. The maximum Gasteiger partial charge on any atom is 0.330 e. The van der Waals surface area contributed by atoms with Gasteiger partial charge in [0.25, 0.3) is 0 Å². The molecule has 0 aromatic heterocycles. The number of para-hydroxylation sites is 2. The molecule has 0 atom stereocenters. The zero-order valence-electron chi connectivity index (χ0n) is 10.1. The number of hydrogen-bond donors (Lipinski definition) is 1. The molecule has 1 aliphatic carbocycles. The van der Waals surface area contributed by atoms with Crippen LogP contribution < -0.4 is 14.8 Å². The van der Waals surface area contributed by atoms with Crippen LogP contribution in [0.4, 0.5) is 0 Å². The van der Waals surface area contributed by atoms with Gasteiger partial charge in [-0.2, -0.15) is 0 Å². The number of ether oxygens (including phenoxy) is 2. The quantitative estimate of drug-likeness (QED) is 0.627. The minimum Gasteiger partial charge on any atom is -0.493 e. The molecule has 1 aromatic carbocycles. The average molecular weight is 249 g/mol. The highest BCUT2D eigenvalue weighted by Crippen LogP contribution is 2.28. The zero-order chi connectivity index (χ0) is 13.0. The van der Waals surface area contributed by atoms with Gasteiger partial charge < -0.3 is 14.8 Å². The third kappa shape index (κ3) is 3.23. The van der Waals surface area contributed by atoms with Gasteiger partial charge in [0, 0.05) is 5.92 Å². The Morgan fingerprint density at radius 3 is 2.56 bits per heavy atom. The molecular formula is C13H15NO4. The fraction of sp³-hybridized carbons (Fsp3) is 0.385. The first-order valence-corrected chi connectivity index (χ1v) is 5.82. The van der Waals surface area contributed by atoms with Gasteiger partial charge in [0.2, 0.25) is 5.91 Å². The Morgan fingerprint density at radius 1 is 1.28 bits per heavy atom. The fourth-order valence-electron chi connectivity index (χ4n) is 1.51. The summed E-state index contributed by atoms with van der Waals surface area (Å²) in [5, 5.41) is 2.55. The van der Waals surface area contributed by atoms with Crippen molar-refractivity contribution in [2.45, 2.75) is 12.8 Å². The van der Waals surface area contributed by atoms with Gasteiger partial charge in [-0.05, 0) is 25.0 Å². The van der Waals surface area contributed by atoms with Gasteiger partial charge in [-0.25, -0.2) is 4.79 Å². The maximum atomic E-state index is 11.5. The van der Waals surface area contributed by atoms with Crippen LogP contribution in [0.25, 0.3) is 0 Å². The molecule has 5 nitrogen and oxygen atoms in total. The minimum absolute atomic E-state index is 0.0769. The Morgan fingerprint density at radius 2 is 1.94 bits per heavy atom. The number of methoxy groups -OCH3 is 1. The molecule has 0 unspecified atom stereocenters. The van der Waals surface area contributed by atoms with Crippen LogP contribution in [0.1, 0.15) is 12.8 Å². The second-order valence-electron chi connectivity index (χ2n) is 4.12. The average Bonchev–Trinajstić information content (AvgIpc) is 3.21. The van der Waals surface area contributed by atoms with Crippen LogP contribution in [0, 0.1) is 5.92 Å². The van der Waals surface area contributed by atoms with Gasteiger partial charge in [-0.3, -0.25) is 4.79 Å². The first kappa shape index (κ1) is 12.4. The number of benzene rings is 1. The Balaban J connectivity index is 1.84. The van der Waals surface area contributed by atoms with Crippen molar-refractivity contribution in [2.75, 3.05) is 13.7 Å². The van der Waals surface area contributed by atoms with E-state index in [1.54, 1.807) is 24.3 Å². The molecule has 0 saturated heterocycles. The molecule has 1 amide bonds. The molecule has 0 aliphatic heterocycles. The van der Waals surface area contributed by atoms with E-state index in [0.717, 1.165) is 12.8 Å². The summed E-state index contributed by atoms with van der Waals surface area (Å²) in [5.41, 5.74) is 0. The van der Waals surface area contributed by atoms with E-state index in [0.29, 0.717) is 11.5 Å². The standard InChI is InChI=1S/C13H15NO4/c1-17-10-4-2-3-5-11(10)18-12(15)8-14-13(16)9-6-7-9/h2-5,9H,6-8H2,1H3,(H,14,16). The molecule has 0 spiro atoms. The van der Waals surface area contributed by atoms with Crippen molar-refractivity contribution in [3.8, 4) is 11.5 Å². The van der Waals surface area contributed by atoms with E-state index in [9.17, 15) is 9.59 Å². The summed E-state index contributed by atoms with van der Waals surface area (Å²) in [6.45, 7) is -0.118. The lowest BCUT2D eigenvalue weighted by Gasteiger charge is -2.09. The van der Waals surface area contributed by atoms with Gasteiger partial charge in [-0.15, -0.1) is 0 Å². The number of nitrogens with one attached hydrogen (secondary N) is 1. The molecule has 5 heteroatoms. The Hall–Kier alpha value is -2.04. The van der Waals surface area contributed by atoms with Crippen molar-refractivity contribution in [3.63, 3.8) is 0 Å². The van der Waals surface area contributed by atoms with Crippen LogP contribution in [-0.2, 0) is 9.59 Å². The van der Waals surface area contributed by atoms with Crippen molar-refractivity contribution in [2.24, 2.45) is 5.92 Å². The molecule has 1 aliphatic rings. The molecule has 0 radical (unpaired) electrons. The Bertz CT molecular complexity index is 454. The third-order valence-electron chi connectivity index (χ3n) is 2.65. The van der Waals surface area contributed by atoms with Crippen molar-refractivity contribution in [1.82, 2.24) is 5.32 Å². The van der Waals surface area contributed by atoms with Gasteiger partial charge in [0.05, 0.1) is 7.11 Å². The molecular weight excluding hydrogens is 234 g/mol. The molecule has 0 bridgehead atoms. The normalized spacial score (nSPS) is 13.8. The largest absolute Gasteiger partial charge is 0.493 e. The predicted molar refractivity (Wildman–Crippen MR) is 64.4 cm³/mol.